The second kappa shape index (κ2) is 8.69. The minimum atomic E-state index is -0.536. The lowest BCUT2D eigenvalue weighted by molar-refractivity contribution is -0.117. The first-order valence-corrected chi connectivity index (χ1v) is 8.29. The predicted octanol–water partition coefficient (Wildman–Crippen LogP) is 1.84. The fraction of sp³-hybridized carbons (Fsp3) is 0.467. The van der Waals surface area contributed by atoms with Crippen LogP contribution in [0.5, 0.6) is 0 Å². The number of rotatable bonds is 7. The molecule has 2 amide bonds. The van der Waals surface area contributed by atoms with Crippen molar-refractivity contribution in [3.05, 3.63) is 29.8 Å². The lowest BCUT2D eigenvalue weighted by Gasteiger charge is -2.13. The number of anilines is 1. The molecule has 0 fully saturated rings. The SMILES string of the molecule is CSCC[C@H](N)C(=O)Nc1cccc(C(=O)NC(C)C)c1. The second-order valence-corrected chi connectivity index (χ2v) is 6.07. The first-order valence-electron chi connectivity index (χ1n) is 6.90. The van der Waals surface area contributed by atoms with Gasteiger partial charge in [0.25, 0.3) is 5.91 Å². The van der Waals surface area contributed by atoms with Crippen LogP contribution in [-0.4, -0.2) is 35.9 Å². The van der Waals surface area contributed by atoms with Crippen LogP contribution in [0, 0.1) is 0 Å². The van der Waals surface area contributed by atoms with E-state index in [1.54, 1.807) is 36.0 Å². The van der Waals surface area contributed by atoms with E-state index in [4.69, 9.17) is 5.73 Å². The third-order valence-corrected chi connectivity index (χ3v) is 3.43. The third kappa shape index (κ3) is 6.18. The molecule has 0 saturated carbocycles. The van der Waals surface area contributed by atoms with Crippen molar-refractivity contribution in [2.75, 3.05) is 17.3 Å². The average Bonchev–Trinajstić information content (AvgIpc) is 2.44. The summed E-state index contributed by atoms with van der Waals surface area (Å²) in [5, 5.41) is 5.56. The Morgan fingerprint density at radius 2 is 2.05 bits per heavy atom. The number of hydrogen-bond acceptors (Lipinski definition) is 4. The summed E-state index contributed by atoms with van der Waals surface area (Å²) in [6.45, 7) is 3.79. The molecule has 5 nitrogen and oxygen atoms in total. The Bertz CT molecular complexity index is 492. The molecule has 0 unspecified atom stereocenters. The van der Waals surface area contributed by atoms with Gasteiger partial charge in [-0.1, -0.05) is 6.07 Å². The van der Waals surface area contributed by atoms with Gasteiger partial charge in [-0.2, -0.15) is 11.8 Å². The van der Waals surface area contributed by atoms with E-state index in [0.717, 1.165) is 5.75 Å². The molecule has 0 aliphatic rings. The first-order chi connectivity index (χ1) is 9.93. The van der Waals surface area contributed by atoms with Crippen molar-refractivity contribution in [1.29, 1.82) is 0 Å². The summed E-state index contributed by atoms with van der Waals surface area (Å²) in [6.07, 6.45) is 2.60. The number of hydrogen-bond donors (Lipinski definition) is 3. The summed E-state index contributed by atoms with van der Waals surface area (Å²) in [4.78, 5) is 23.8. The molecule has 0 aromatic heterocycles. The number of benzene rings is 1. The molecule has 1 aromatic carbocycles. The molecule has 1 rings (SSSR count). The van der Waals surface area contributed by atoms with Gasteiger partial charge in [-0.25, -0.2) is 0 Å². The van der Waals surface area contributed by atoms with Crippen LogP contribution in [0.2, 0.25) is 0 Å². The summed E-state index contributed by atoms with van der Waals surface area (Å²) in [5.74, 6) is 0.448. The van der Waals surface area contributed by atoms with Crippen molar-refractivity contribution in [2.24, 2.45) is 5.73 Å². The molecule has 0 saturated heterocycles. The van der Waals surface area contributed by atoms with Gasteiger partial charge in [-0.05, 0) is 50.5 Å². The maximum atomic E-state index is 11.9. The van der Waals surface area contributed by atoms with Crippen LogP contribution in [0.4, 0.5) is 5.69 Å². The predicted molar refractivity (Wildman–Crippen MR) is 88.6 cm³/mol. The van der Waals surface area contributed by atoms with Crippen molar-refractivity contribution >= 4 is 29.3 Å². The van der Waals surface area contributed by atoms with Gasteiger partial charge in [0.2, 0.25) is 5.91 Å². The molecule has 4 N–H and O–H groups in total. The highest BCUT2D eigenvalue weighted by molar-refractivity contribution is 7.98. The van der Waals surface area contributed by atoms with Crippen molar-refractivity contribution in [3.8, 4) is 0 Å². The number of nitrogens with one attached hydrogen (secondary N) is 2. The molecule has 0 aliphatic carbocycles. The zero-order valence-electron chi connectivity index (χ0n) is 12.7. The Kier molecular flexibility index (Phi) is 7.25. The monoisotopic (exact) mass is 309 g/mol. The van der Waals surface area contributed by atoms with Crippen LogP contribution in [0.3, 0.4) is 0 Å². The van der Waals surface area contributed by atoms with E-state index in [1.807, 2.05) is 20.1 Å². The number of carbonyl (C=O) groups excluding carboxylic acids is 2. The molecule has 116 valence electrons. The van der Waals surface area contributed by atoms with Crippen LogP contribution in [0.15, 0.2) is 24.3 Å². The Balaban J connectivity index is 2.68. The van der Waals surface area contributed by atoms with E-state index in [0.29, 0.717) is 17.7 Å². The molecule has 21 heavy (non-hydrogen) atoms. The van der Waals surface area contributed by atoms with E-state index >= 15 is 0 Å². The topological polar surface area (TPSA) is 84.2 Å². The molecule has 1 aromatic rings. The number of amides is 2. The molecule has 6 heteroatoms. The molecule has 0 aliphatic heterocycles. The van der Waals surface area contributed by atoms with Gasteiger partial charge in [0.05, 0.1) is 6.04 Å². The molecule has 1 atom stereocenters. The van der Waals surface area contributed by atoms with E-state index < -0.39 is 6.04 Å². The van der Waals surface area contributed by atoms with Gasteiger partial charge >= 0.3 is 0 Å². The van der Waals surface area contributed by atoms with Crippen LogP contribution < -0.4 is 16.4 Å². The average molecular weight is 309 g/mol. The van der Waals surface area contributed by atoms with Crippen molar-refractivity contribution < 1.29 is 9.59 Å². The fourth-order valence-corrected chi connectivity index (χ4v) is 2.18. The van der Waals surface area contributed by atoms with E-state index in [1.165, 1.54) is 0 Å². The standard InChI is InChI=1S/C15H23N3O2S/c1-10(2)17-14(19)11-5-4-6-12(9-11)18-15(20)13(16)7-8-21-3/h4-6,9-10,13H,7-8,16H2,1-3H3,(H,17,19)(H,18,20)/t13-/m0/s1. The smallest absolute Gasteiger partial charge is 0.251 e. The van der Waals surface area contributed by atoms with Gasteiger partial charge < -0.3 is 16.4 Å². The quantitative estimate of drug-likeness (QED) is 0.717. The number of nitrogens with two attached hydrogens (primary N) is 1. The Labute approximate surface area is 130 Å². The summed E-state index contributed by atoms with van der Waals surface area (Å²) in [5.41, 5.74) is 6.90. The van der Waals surface area contributed by atoms with Gasteiger partial charge in [-0.3, -0.25) is 9.59 Å². The minimum absolute atomic E-state index is 0.0655. The van der Waals surface area contributed by atoms with Crippen molar-refractivity contribution in [1.82, 2.24) is 5.32 Å². The Morgan fingerprint density at radius 1 is 1.33 bits per heavy atom. The summed E-state index contributed by atoms with van der Waals surface area (Å²) >= 11 is 1.65. The molecule has 0 radical (unpaired) electrons. The van der Waals surface area contributed by atoms with Crippen LogP contribution in [0.25, 0.3) is 0 Å². The first kappa shape index (κ1) is 17.5. The van der Waals surface area contributed by atoms with E-state index in [9.17, 15) is 9.59 Å². The third-order valence-electron chi connectivity index (χ3n) is 2.78. The van der Waals surface area contributed by atoms with Gasteiger partial charge in [0, 0.05) is 17.3 Å². The van der Waals surface area contributed by atoms with Gasteiger partial charge in [0.15, 0.2) is 0 Å². The largest absolute Gasteiger partial charge is 0.350 e. The Morgan fingerprint density at radius 3 is 2.67 bits per heavy atom. The second-order valence-electron chi connectivity index (χ2n) is 5.09. The lowest BCUT2D eigenvalue weighted by Crippen LogP contribution is -2.36. The maximum Gasteiger partial charge on any atom is 0.251 e. The summed E-state index contributed by atoms with van der Waals surface area (Å²) < 4.78 is 0. The number of thioether (sulfide) groups is 1. The molecule has 0 spiro atoms. The lowest BCUT2D eigenvalue weighted by atomic mass is 10.1. The highest BCUT2D eigenvalue weighted by Gasteiger charge is 2.14. The van der Waals surface area contributed by atoms with Gasteiger partial charge in [-0.15, -0.1) is 0 Å². The molecular weight excluding hydrogens is 286 g/mol. The van der Waals surface area contributed by atoms with E-state index in [2.05, 4.69) is 10.6 Å². The van der Waals surface area contributed by atoms with Crippen LogP contribution in [-0.2, 0) is 4.79 Å². The van der Waals surface area contributed by atoms with Crippen LogP contribution in [0.1, 0.15) is 30.6 Å². The normalized spacial score (nSPS) is 12.0. The molecule has 0 heterocycles. The zero-order chi connectivity index (χ0) is 15.8. The molecular formula is C15H23N3O2S. The highest BCUT2D eigenvalue weighted by Crippen LogP contribution is 2.12. The molecule has 0 bridgehead atoms. The van der Waals surface area contributed by atoms with Crippen molar-refractivity contribution in [3.63, 3.8) is 0 Å². The summed E-state index contributed by atoms with van der Waals surface area (Å²) in [6, 6.07) is 6.36. The van der Waals surface area contributed by atoms with Gasteiger partial charge in [0.1, 0.15) is 0 Å². The maximum absolute atomic E-state index is 11.9. The minimum Gasteiger partial charge on any atom is -0.350 e. The van der Waals surface area contributed by atoms with E-state index in [-0.39, 0.29) is 17.9 Å². The van der Waals surface area contributed by atoms with Crippen LogP contribution >= 0.6 is 11.8 Å². The fourth-order valence-electron chi connectivity index (χ4n) is 1.69. The zero-order valence-corrected chi connectivity index (χ0v) is 13.5. The number of carbonyl (C=O) groups is 2. The Hall–Kier alpha value is -1.53. The van der Waals surface area contributed by atoms with Crippen molar-refractivity contribution in [2.45, 2.75) is 32.4 Å². The highest BCUT2D eigenvalue weighted by atomic mass is 32.2. The summed E-state index contributed by atoms with van der Waals surface area (Å²) in [7, 11) is 0.